The van der Waals surface area contributed by atoms with Gasteiger partial charge in [-0.2, -0.15) is 18.2 Å². The number of carbonyl (C=O) groups is 1. The fraction of sp³-hybridized carbons (Fsp3) is 0.444. The maximum absolute atomic E-state index is 12.6. The van der Waals surface area contributed by atoms with Crippen LogP contribution in [0.15, 0.2) is 6.07 Å². The van der Waals surface area contributed by atoms with Crippen molar-refractivity contribution in [1.29, 1.82) is 0 Å². The molecule has 0 aliphatic heterocycles. The molecule has 0 aliphatic rings. The van der Waals surface area contributed by atoms with Gasteiger partial charge in [0.2, 0.25) is 5.95 Å². The first kappa shape index (κ1) is 14.0. The SMILES string of the molecule is CN(C)c1cc(C(F)(F)F)nc(NCC(=O)O)n1. The van der Waals surface area contributed by atoms with E-state index in [9.17, 15) is 18.0 Å². The monoisotopic (exact) mass is 264 g/mol. The molecule has 0 aromatic carbocycles. The minimum Gasteiger partial charge on any atom is -0.480 e. The zero-order chi connectivity index (χ0) is 13.9. The molecule has 9 heteroatoms. The second kappa shape index (κ2) is 5.07. The van der Waals surface area contributed by atoms with Gasteiger partial charge < -0.3 is 15.3 Å². The topological polar surface area (TPSA) is 78.4 Å². The van der Waals surface area contributed by atoms with E-state index in [1.54, 1.807) is 0 Å². The molecule has 0 aliphatic carbocycles. The fourth-order valence-corrected chi connectivity index (χ4v) is 1.04. The summed E-state index contributed by atoms with van der Waals surface area (Å²) in [4.78, 5) is 18.7. The second-order valence-electron chi connectivity index (χ2n) is 3.57. The van der Waals surface area contributed by atoms with Crippen LogP contribution in [-0.4, -0.2) is 41.7 Å². The average molecular weight is 264 g/mol. The highest BCUT2D eigenvalue weighted by Gasteiger charge is 2.34. The molecule has 0 unspecified atom stereocenters. The highest BCUT2D eigenvalue weighted by molar-refractivity contribution is 5.71. The number of anilines is 2. The predicted octanol–water partition coefficient (Wildman–Crippen LogP) is 1.06. The van der Waals surface area contributed by atoms with Gasteiger partial charge in [0, 0.05) is 20.2 Å². The van der Waals surface area contributed by atoms with Crippen LogP contribution in [0, 0.1) is 0 Å². The zero-order valence-electron chi connectivity index (χ0n) is 9.62. The molecule has 6 nitrogen and oxygen atoms in total. The molecule has 0 radical (unpaired) electrons. The van der Waals surface area contributed by atoms with Crippen LogP contribution in [0.25, 0.3) is 0 Å². The van der Waals surface area contributed by atoms with E-state index in [0.29, 0.717) is 0 Å². The van der Waals surface area contributed by atoms with Crippen LogP contribution in [0.3, 0.4) is 0 Å². The lowest BCUT2D eigenvalue weighted by atomic mass is 10.3. The number of hydrogen-bond acceptors (Lipinski definition) is 5. The summed E-state index contributed by atoms with van der Waals surface area (Å²) in [5.74, 6) is -1.57. The minimum atomic E-state index is -4.62. The number of rotatable bonds is 4. The van der Waals surface area contributed by atoms with E-state index in [1.165, 1.54) is 19.0 Å². The number of nitrogens with zero attached hydrogens (tertiary/aromatic N) is 3. The van der Waals surface area contributed by atoms with Gasteiger partial charge in [0.1, 0.15) is 12.4 Å². The molecule has 1 aromatic heterocycles. The molecule has 0 saturated heterocycles. The summed E-state index contributed by atoms with van der Waals surface area (Å²) in [6.07, 6.45) is -4.62. The van der Waals surface area contributed by atoms with Gasteiger partial charge in [0.25, 0.3) is 0 Å². The molecule has 0 spiro atoms. The van der Waals surface area contributed by atoms with Gasteiger partial charge in [-0.25, -0.2) is 4.98 Å². The van der Waals surface area contributed by atoms with Gasteiger partial charge in [0.05, 0.1) is 0 Å². The van der Waals surface area contributed by atoms with Crippen molar-refractivity contribution in [2.75, 3.05) is 30.9 Å². The van der Waals surface area contributed by atoms with E-state index in [-0.39, 0.29) is 11.8 Å². The largest absolute Gasteiger partial charge is 0.480 e. The van der Waals surface area contributed by atoms with Crippen molar-refractivity contribution >= 4 is 17.7 Å². The molecule has 1 rings (SSSR count). The van der Waals surface area contributed by atoms with Gasteiger partial charge in [-0.05, 0) is 0 Å². The number of nitrogens with one attached hydrogen (secondary N) is 1. The van der Waals surface area contributed by atoms with E-state index in [4.69, 9.17) is 5.11 Å². The Morgan fingerprint density at radius 3 is 2.50 bits per heavy atom. The highest BCUT2D eigenvalue weighted by atomic mass is 19.4. The second-order valence-corrected chi connectivity index (χ2v) is 3.57. The summed E-state index contributed by atoms with van der Waals surface area (Å²) in [6.45, 7) is -0.561. The Morgan fingerprint density at radius 2 is 2.06 bits per heavy atom. The van der Waals surface area contributed by atoms with Crippen molar-refractivity contribution in [3.63, 3.8) is 0 Å². The van der Waals surface area contributed by atoms with E-state index in [1.807, 2.05) is 0 Å². The third-order valence-electron chi connectivity index (χ3n) is 1.86. The molecule has 2 N–H and O–H groups in total. The number of carboxylic acids is 1. The first-order valence-corrected chi connectivity index (χ1v) is 4.79. The zero-order valence-corrected chi connectivity index (χ0v) is 9.62. The van der Waals surface area contributed by atoms with Crippen molar-refractivity contribution in [2.45, 2.75) is 6.18 Å². The summed E-state index contributed by atoms with van der Waals surface area (Å²) in [7, 11) is 3.03. The Morgan fingerprint density at radius 1 is 1.44 bits per heavy atom. The molecule has 0 atom stereocenters. The van der Waals surface area contributed by atoms with Crippen LogP contribution < -0.4 is 10.2 Å². The molecule has 0 amide bonds. The van der Waals surface area contributed by atoms with Crippen LogP contribution in [0.4, 0.5) is 24.9 Å². The highest BCUT2D eigenvalue weighted by Crippen LogP contribution is 2.30. The standard InChI is InChI=1S/C9H11F3N4O2/c1-16(2)6-3-5(9(10,11)12)14-8(15-6)13-4-7(17)18/h3H,4H2,1-2H3,(H,17,18)(H,13,14,15). The summed E-state index contributed by atoms with van der Waals surface area (Å²) in [5, 5.41) is 10.6. The Hall–Kier alpha value is -2.06. The van der Waals surface area contributed by atoms with Gasteiger partial charge in [0.15, 0.2) is 5.69 Å². The van der Waals surface area contributed by atoms with Gasteiger partial charge >= 0.3 is 12.1 Å². The molecular formula is C9H11F3N4O2. The van der Waals surface area contributed by atoms with Crippen molar-refractivity contribution in [3.05, 3.63) is 11.8 Å². The van der Waals surface area contributed by atoms with Crippen molar-refractivity contribution in [2.24, 2.45) is 0 Å². The number of aromatic nitrogens is 2. The molecule has 0 saturated carbocycles. The molecule has 18 heavy (non-hydrogen) atoms. The molecule has 100 valence electrons. The van der Waals surface area contributed by atoms with Crippen molar-refractivity contribution < 1.29 is 23.1 Å². The molecule has 1 aromatic rings. The molecular weight excluding hydrogens is 253 g/mol. The van der Waals surface area contributed by atoms with E-state index < -0.39 is 24.4 Å². The first-order chi connectivity index (χ1) is 8.20. The van der Waals surface area contributed by atoms with Gasteiger partial charge in [-0.15, -0.1) is 0 Å². The molecule has 1 heterocycles. The third-order valence-corrected chi connectivity index (χ3v) is 1.86. The lowest BCUT2D eigenvalue weighted by Crippen LogP contribution is -2.19. The lowest BCUT2D eigenvalue weighted by Gasteiger charge is -2.15. The summed E-state index contributed by atoms with van der Waals surface area (Å²) >= 11 is 0. The number of carboxylic acid groups (broad SMARTS) is 1. The number of hydrogen-bond donors (Lipinski definition) is 2. The van der Waals surface area contributed by atoms with Crippen LogP contribution >= 0.6 is 0 Å². The Labute approximate surface area is 100 Å². The summed E-state index contributed by atoms with van der Waals surface area (Å²) in [5.41, 5.74) is -1.13. The first-order valence-electron chi connectivity index (χ1n) is 4.79. The number of aliphatic carboxylic acids is 1. The van der Waals surface area contributed by atoms with Crippen LogP contribution in [0.1, 0.15) is 5.69 Å². The van der Waals surface area contributed by atoms with E-state index in [2.05, 4.69) is 15.3 Å². The Bertz CT molecular complexity index is 448. The number of halogens is 3. The molecule has 0 bridgehead atoms. The van der Waals surface area contributed by atoms with Gasteiger partial charge in [-0.1, -0.05) is 0 Å². The maximum Gasteiger partial charge on any atom is 0.433 e. The van der Waals surface area contributed by atoms with Crippen LogP contribution in [0.5, 0.6) is 0 Å². The van der Waals surface area contributed by atoms with Crippen molar-refractivity contribution in [1.82, 2.24) is 9.97 Å². The summed E-state index contributed by atoms with van der Waals surface area (Å²) in [6, 6.07) is 0.784. The normalized spacial score (nSPS) is 11.2. The number of alkyl halides is 3. The van der Waals surface area contributed by atoms with Gasteiger partial charge in [-0.3, -0.25) is 4.79 Å². The van der Waals surface area contributed by atoms with Crippen LogP contribution in [-0.2, 0) is 11.0 Å². The van der Waals surface area contributed by atoms with Crippen molar-refractivity contribution in [3.8, 4) is 0 Å². The molecule has 0 fully saturated rings. The summed E-state index contributed by atoms with van der Waals surface area (Å²) < 4.78 is 37.7. The third kappa shape index (κ3) is 3.75. The Balaban J connectivity index is 3.10. The fourth-order valence-electron chi connectivity index (χ4n) is 1.04. The Kier molecular flexibility index (Phi) is 3.94. The van der Waals surface area contributed by atoms with Crippen LogP contribution in [0.2, 0.25) is 0 Å². The van der Waals surface area contributed by atoms with E-state index >= 15 is 0 Å². The maximum atomic E-state index is 12.6. The average Bonchev–Trinajstić information content (AvgIpc) is 2.24. The smallest absolute Gasteiger partial charge is 0.433 e. The van der Waals surface area contributed by atoms with E-state index in [0.717, 1.165) is 6.07 Å². The lowest BCUT2D eigenvalue weighted by molar-refractivity contribution is -0.141. The predicted molar refractivity (Wildman–Crippen MR) is 57.5 cm³/mol. The minimum absolute atomic E-state index is 0.0326. The quantitative estimate of drug-likeness (QED) is 0.846.